The van der Waals surface area contributed by atoms with Crippen molar-refractivity contribution in [1.29, 1.82) is 0 Å². The molecule has 1 aliphatic heterocycles. The van der Waals surface area contributed by atoms with Gasteiger partial charge in [-0.2, -0.15) is 0 Å². The van der Waals surface area contributed by atoms with Gasteiger partial charge in [-0.3, -0.25) is 4.79 Å². The number of piperidine rings is 1. The predicted molar refractivity (Wildman–Crippen MR) is 77.2 cm³/mol. The normalized spacial score (nSPS) is 22.6. The summed E-state index contributed by atoms with van der Waals surface area (Å²) in [5.74, 6) is -1.20. The zero-order valence-corrected chi connectivity index (χ0v) is 12.7. The van der Waals surface area contributed by atoms with Gasteiger partial charge >= 0.3 is 5.97 Å². The third-order valence-corrected chi connectivity index (χ3v) is 3.96. The molecule has 106 valence electrons. The van der Waals surface area contributed by atoms with Gasteiger partial charge in [-0.25, -0.2) is 4.39 Å². The molecule has 0 spiro atoms. The van der Waals surface area contributed by atoms with Crippen molar-refractivity contribution in [2.24, 2.45) is 5.41 Å². The summed E-state index contributed by atoms with van der Waals surface area (Å²) in [6, 6.07) is 4.77. The Labute approximate surface area is 126 Å². The molecule has 1 heterocycles. The largest absolute Gasteiger partial charge is 0.481 e. The summed E-state index contributed by atoms with van der Waals surface area (Å²) in [7, 11) is 0. The molecule has 0 aromatic heterocycles. The minimum atomic E-state index is -0.882. The van der Waals surface area contributed by atoms with Crippen LogP contribution in [-0.4, -0.2) is 24.2 Å². The summed E-state index contributed by atoms with van der Waals surface area (Å²) in [5, 5.41) is 12.5. The summed E-state index contributed by atoms with van der Waals surface area (Å²) in [4.78, 5) is 11.5. The zero-order valence-electron chi connectivity index (χ0n) is 10.3. The highest BCUT2D eigenvalue weighted by molar-refractivity contribution is 9.10. The number of hydrogen-bond donors (Lipinski definition) is 2. The molecule has 0 bridgehead atoms. The van der Waals surface area contributed by atoms with Crippen LogP contribution in [0, 0.1) is 11.2 Å². The van der Waals surface area contributed by atoms with Crippen molar-refractivity contribution in [1.82, 2.24) is 5.32 Å². The van der Waals surface area contributed by atoms with Crippen LogP contribution >= 0.6 is 28.3 Å². The van der Waals surface area contributed by atoms with E-state index in [4.69, 9.17) is 0 Å². The van der Waals surface area contributed by atoms with Crippen LogP contribution in [0.1, 0.15) is 18.4 Å². The predicted octanol–water partition coefficient (Wildman–Crippen LogP) is 3.01. The quantitative estimate of drug-likeness (QED) is 0.879. The molecule has 1 saturated heterocycles. The second-order valence-electron chi connectivity index (χ2n) is 4.78. The average Bonchev–Trinajstić information content (AvgIpc) is 2.34. The Hall–Kier alpha value is -0.650. The molecule has 6 heteroatoms. The van der Waals surface area contributed by atoms with Gasteiger partial charge in [0.05, 0.1) is 5.41 Å². The molecule has 1 aliphatic rings. The van der Waals surface area contributed by atoms with E-state index < -0.39 is 11.4 Å². The number of carbonyl (C=O) groups is 1. The summed E-state index contributed by atoms with van der Waals surface area (Å²) >= 11 is 3.20. The van der Waals surface area contributed by atoms with E-state index in [-0.39, 0.29) is 24.6 Å². The lowest BCUT2D eigenvalue weighted by Crippen LogP contribution is -2.47. The van der Waals surface area contributed by atoms with Crippen molar-refractivity contribution in [2.75, 3.05) is 13.1 Å². The van der Waals surface area contributed by atoms with E-state index >= 15 is 0 Å². The first-order valence-corrected chi connectivity index (χ1v) is 6.71. The summed E-state index contributed by atoms with van der Waals surface area (Å²) in [6.07, 6.45) is 1.63. The van der Waals surface area contributed by atoms with E-state index in [1.165, 1.54) is 6.07 Å². The van der Waals surface area contributed by atoms with Crippen molar-refractivity contribution in [3.8, 4) is 0 Å². The van der Waals surface area contributed by atoms with Crippen molar-refractivity contribution in [2.45, 2.75) is 19.3 Å². The fraction of sp³-hybridized carbons (Fsp3) is 0.462. The lowest BCUT2D eigenvalue weighted by molar-refractivity contribution is -0.150. The molecule has 19 heavy (non-hydrogen) atoms. The Morgan fingerprint density at radius 1 is 1.53 bits per heavy atom. The monoisotopic (exact) mass is 351 g/mol. The number of hydrogen-bond acceptors (Lipinski definition) is 2. The van der Waals surface area contributed by atoms with Crippen LogP contribution in [0.5, 0.6) is 0 Å². The molecule has 0 saturated carbocycles. The lowest BCUT2D eigenvalue weighted by Gasteiger charge is -2.33. The summed E-state index contributed by atoms with van der Waals surface area (Å²) in [6.45, 7) is 1.23. The molecule has 0 amide bonds. The van der Waals surface area contributed by atoms with Gasteiger partial charge < -0.3 is 10.4 Å². The molecular formula is C13H16BrClFNO2. The molecule has 3 nitrogen and oxygen atoms in total. The van der Waals surface area contributed by atoms with Gasteiger partial charge in [0.15, 0.2) is 0 Å². The number of carboxylic acids is 1. The Balaban J connectivity index is 0.00000180. The van der Waals surface area contributed by atoms with Crippen molar-refractivity contribution in [3.05, 3.63) is 34.1 Å². The number of rotatable bonds is 3. The van der Waals surface area contributed by atoms with Crippen molar-refractivity contribution < 1.29 is 14.3 Å². The summed E-state index contributed by atoms with van der Waals surface area (Å²) < 4.78 is 14.5. The Morgan fingerprint density at radius 3 is 2.79 bits per heavy atom. The number of halogens is 3. The number of carboxylic acid groups (broad SMARTS) is 1. The van der Waals surface area contributed by atoms with Gasteiger partial charge in [0.1, 0.15) is 5.82 Å². The van der Waals surface area contributed by atoms with E-state index in [1.807, 2.05) is 0 Å². The molecule has 1 aromatic carbocycles. The van der Waals surface area contributed by atoms with Crippen LogP contribution in [0.4, 0.5) is 4.39 Å². The second kappa shape index (κ2) is 6.68. The fourth-order valence-corrected chi connectivity index (χ4v) is 2.74. The minimum absolute atomic E-state index is 0. The van der Waals surface area contributed by atoms with Crippen LogP contribution in [-0.2, 0) is 11.2 Å². The third kappa shape index (κ3) is 3.68. The van der Waals surface area contributed by atoms with Gasteiger partial charge in [-0.05, 0) is 43.5 Å². The minimum Gasteiger partial charge on any atom is -0.481 e. The van der Waals surface area contributed by atoms with Crippen molar-refractivity contribution >= 4 is 34.3 Å². The van der Waals surface area contributed by atoms with Crippen LogP contribution in [0.15, 0.2) is 22.7 Å². The molecule has 2 rings (SSSR count). The van der Waals surface area contributed by atoms with Gasteiger partial charge in [-0.1, -0.05) is 22.0 Å². The van der Waals surface area contributed by atoms with E-state index in [2.05, 4.69) is 21.2 Å². The van der Waals surface area contributed by atoms with Gasteiger partial charge in [0, 0.05) is 11.0 Å². The summed E-state index contributed by atoms with van der Waals surface area (Å²) in [5.41, 5.74) is -0.420. The standard InChI is InChI=1S/C13H15BrFNO2.ClH/c14-10-3-2-9(11(15)6-10)7-13(12(17)18)4-1-5-16-8-13;/h2-3,6,16H,1,4-5,7-8H2,(H,17,18);1H. The first-order valence-electron chi connectivity index (χ1n) is 5.92. The highest BCUT2D eigenvalue weighted by Gasteiger charge is 2.40. The third-order valence-electron chi connectivity index (χ3n) is 3.47. The van der Waals surface area contributed by atoms with Crippen LogP contribution in [0.25, 0.3) is 0 Å². The molecule has 0 radical (unpaired) electrons. The topological polar surface area (TPSA) is 49.3 Å². The molecule has 2 N–H and O–H groups in total. The lowest BCUT2D eigenvalue weighted by atomic mass is 9.76. The maximum absolute atomic E-state index is 13.8. The fourth-order valence-electron chi connectivity index (χ4n) is 2.41. The van der Waals surface area contributed by atoms with Gasteiger partial charge in [0.2, 0.25) is 0 Å². The van der Waals surface area contributed by atoms with Crippen LogP contribution < -0.4 is 5.32 Å². The molecule has 1 unspecified atom stereocenters. The van der Waals surface area contributed by atoms with Crippen LogP contribution in [0.3, 0.4) is 0 Å². The Kier molecular flexibility index (Phi) is 5.77. The first-order chi connectivity index (χ1) is 8.53. The molecular weight excluding hydrogens is 337 g/mol. The number of nitrogens with one attached hydrogen (secondary N) is 1. The smallest absolute Gasteiger partial charge is 0.311 e. The molecule has 1 aromatic rings. The Bertz CT molecular complexity index is 464. The van der Waals surface area contributed by atoms with E-state index in [0.717, 1.165) is 13.0 Å². The maximum atomic E-state index is 13.8. The second-order valence-corrected chi connectivity index (χ2v) is 5.69. The SMILES string of the molecule is Cl.O=C(O)C1(Cc2ccc(Br)cc2F)CCCNC1. The van der Waals surface area contributed by atoms with E-state index in [9.17, 15) is 14.3 Å². The van der Waals surface area contributed by atoms with Gasteiger partial charge in [0.25, 0.3) is 0 Å². The average molecular weight is 353 g/mol. The van der Waals surface area contributed by atoms with E-state index in [0.29, 0.717) is 23.0 Å². The van der Waals surface area contributed by atoms with Crippen LogP contribution in [0.2, 0.25) is 0 Å². The van der Waals surface area contributed by atoms with Gasteiger partial charge in [-0.15, -0.1) is 12.4 Å². The Morgan fingerprint density at radius 2 is 2.26 bits per heavy atom. The maximum Gasteiger partial charge on any atom is 0.311 e. The zero-order chi connectivity index (χ0) is 13.2. The molecule has 1 atom stereocenters. The number of aliphatic carboxylic acids is 1. The first kappa shape index (κ1) is 16.4. The molecule has 1 fully saturated rings. The number of benzene rings is 1. The highest BCUT2D eigenvalue weighted by Crippen LogP contribution is 2.32. The van der Waals surface area contributed by atoms with E-state index in [1.54, 1.807) is 12.1 Å². The van der Waals surface area contributed by atoms with Crippen molar-refractivity contribution in [3.63, 3.8) is 0 Å². The molecule has 0 aliphatic carbocycles. The highest BCUT2D eigenvalue weighted by atomic mass is 79.9.